The summed E-state index contributed by atoms with van der Waals surface area (Å²) in [5, 5.41) is 11.0. The summed E-state index contributed by atoms with van der Waals surface area (Å²) in [6.45, 7) is 8.17. The summed E-state index contributed by atoms with van der Waals surface area (Å²) < 4.78 is 1.88. The van der Waals surface area contributed by atoms with E-state index in [0.717, 1.165) is 11.0 Å². The predicted octanol–water partition coefficient (Wildman–Crippen LogP) is 3.96. The SMILES string of the molecule is C=CCN(C(=O)c1cccc([N+](=O)[O-])c1)c1nc2ccccc2n1CC=C. The average molecular weight is 362 g/mol. The zero-order chi connectivity index (χ0) is 19.4. The van der Waals surface area contributed by atoms with Gasteiger partial charge in [0.05, 0.1) is 16.0 Å². The Morgan fingerprint density at radius 1 is 1.19 bits per heavy atom. The van der Waals surface area contributed by atoms with Gasteiger partial charge in [-0.25, -0.2) is 4.98 Å². The van der Waals surface area contributed by atoms with Gasteiger partial charge in [0.2, 0.25) is 5.95 Å². The van der Waals surface area contributed by atoms with E-state index in [-0.39, 0.29) is 23.7 Å². The number of fused-ring (bicyclic) bond motifs is 1. The number of rotatable bonds is 7. The van der Waals surface area contributed by atoms with Gasteiger partial charge in [-0.2, -0.15) is 0 Å². The first-order valence-electron chi connectivity index (χ1n) is 8.30. The number of nitro groups is 1. The molecule has 1 aromatic heterocycles. The molecule has 7 nitrogen and oxygen atoms in total. The van der Waals surface area contributed by atoms with Crippen molar-refractivity contribution in [3.63, 3.8) is 0 Å². The van der Waals surface area contributed by atoms with Gasteiger partial charge in [0.15, 0.2) is 0 Å². The van der Waals surface area contributed by atoms with Crippen LogP contribution in [0.1, 0.15) is 10.4 Å². The quantitative estimate of drug-likeness (QED) is 0.362. The number of nitrogens with zero attached hydrogens (tertiary/aromatic N) is 4. The van der Waals surface area contributed by atoms with Crippen molar-refractivity contribution in [2.45, 2.75) is 6.54 Å². The lowest BCUT2D eigenvalue weighted by molar-refractivity contribution is -0.384. The van der Waals surface area contributed by atoms with E-state index in [1.165, 1.54) is 23.1 Å². The molecule has 0 fully saturated rings. The van der Waals surface area contributed by atoms with Crippen LogP contribution in [0.15, 0.2) is 73.8 Å². The van der Waals surface area contributed by atoms with Gasteiger partial charge >= 0.3 is 0 Å². The number of anilines is 1. The lowest BCUT2D eigenvalue weighted by atomic mass is 10.2. The maximum atomic E-state index is 13.1. The van der Waals surface area contributed by atoms with Crippen LogP contribution >= 0.6 is 0 Å². The van der Waals surface area contributed by atoms with Crippen LogP contribution in [0.25, 0.3) is 11.0 Å². The summed E-state index contributed by atoms with van der Waals surface area (Å²) in [6.07, 6.45) is 3.31. The third-order valence-electron chi connectivity index (χ3n) is 4.05. The van der Waals surface area contributed by atoms with Gasteiger partial charge in [0.25, 0.3) is 11.6 Å². The fraction of sp³-hybridized carbons (Fsp3) is 0.100. The summed E-state index contributed by atoms with van der Waals surface area (Å²) >= 11 is 0. The molecule has 27 heavy (non-hydrogen) atoms. The van der Waals surface area contributed by atoms with Crippen molar-refractivity contribution < 1.29 is 9.72 Å². The van der Waals surface area contributed by atoms with Crippen LogP contribution in [-0.4, -0.2) is 26.9 Å². The zero-order valence-corrected chi connectivity index (χ0v) is 14.6. The number of hydrogen-bond acceptors (Lipinski definition) is 4. The Labute approximate surface area is 156 Å². The topological polar surface area (TPSA) is 81.3 Å². The van der Waals surface area contributed by atoms with E-state index >= 15 is 0 Å². The van der Waals surface area contributed by atoms with Crippen molar-refractivity contribution in [1.82, 2.24) is 9.55 Å². The molecule has 0 atom stereocenters. The molecule has 0 saturated carbocycles. The molecule has 0 aliphatic rings. The third kappa shape index (κ3) is 3.48. The second-order valence-electron chi connectivity index (χ2n) is 5.81. The van der Waals surface area contributed by atoms with E-state index < -0.39 is 4.92 Å². The minimum atomic E-state index is -0.526. The molecule has 136 valence electrons. The maximum absolute atomic E-state index is 13.1. The molecule has 0 unspecified atom stereocenters. The Kier molecular flexibility index (Phi) is 5.12. The molecule has 0 bridgehead atoms. The number of imidazole rings is 1. The summed E-state index contributed by atoms with van der Waals surface area (Å²) in [7, 11) is 0. The van der Waals surface area contributed by atoms with Gasteiger partial charge in [0, 0.05) is 30.8 Å². The second kappa shape index (κ2) is 7.65. The zero-order valence-electron chi connectivity index (χ0n) is 14.6. The van der Waals surface area contributed by atoms with Crippen LogP contribution in [0.3, 0.4) is 0 Å². The van der Waals surface area contributed by atoms with E-state index in [1.54, 1.807) is 18.2 Å². The number of para-hydroxylation sites is 2. The van der Waals surface area contributed by atoms with Crippen molar-refractivity contribution in [3.8, 4) is 0 Å². The molecule has 2 aromatic carbocycles. The van der Waals surface area contributed by atoms with Crippen molar-refractivity contribution in [1.29, 1.82) is 0 Å². The number of amides is 1. The van der Waals surface area contributed by atoms with Crippen LogP contribution in [0.4, 0.5) is 11.6 Å². The number of carbonyl (C=O) groups excluding carboxylic acids is 1. The first-order valence-corrected chi connectivity index (χ1v) is 8.30. The minimum Gasteiger partial charge on any atom is -0.306 e. The standard InChI is InChI=1S/C20H18N4O3/c1-3-12-22-18-11-6-5-10-17(18)21-20(22)23(13-4-2)19(25)15-8-7-9-16(14-15)24(26)27/h3-11,14H,1-2,12-13H2. The highest BCUT2D eigenvalue weighted by atomic mass is 16.6. The molecule has 0 radical (unpaired) electrons. The molecule has 0 spiro atoms. The average Bonchev–Trinajstić information content (AvgIpc) is 3.04. The molecule has 3 aromatic rings. The van der Waals surface area contributed by atoms with Gasteiger partial charge in [0.1, 0.15) is 0 Å². The Bertz CT molecular complexity index is 1040. The number of allylic oxidation sites excluding steroid dienone is 1. The first-order chi connectivity index (χ1) is 13.1. The lowest BCUT2D eigenvalue weighted by Gasteiger charge is -2.21. The van der Waals surface area contributed by atoms with E-state index in [4.69, 9.17) is 0 Å². The highest BCUT2D eigenvalue weighted by Gasteiger charge is 2.24. The van der Waals surface area contributed by atoms with Crippen LogP contribution in [-0.2, 0) is 6.54 Å². The molecule has 3 rings (SSSR count). The van der Waals surface area contributed by atoms with Crippen molar-refractivity contribution >= 4 is 28.6 Å². The first kappa shape index (κ1) is 18.1. The van der Waals surface area contributed by atoms with Gasteiger partial charge in [-0.15, -0.1) is 13.2 Å². The Hall–Kier alpha value is -3.74. The summed E-state index contributed by atoms with van der Waals surface area (Å²) in [5.74, 6) is 0.0479. The number of nitro benzene ring substituents is 1. The van der Waals surface area contributed by atoms with Crippen molar-refractivity contribution in [3.05, 3.63) is 89.5 Å². The van der Waals surface area contributed by atoms with Crippen LogP contribution in [0.2, 0.25) is 0 Å². The molecule has 0 N–H and O–H groups in total. The fourth-order valence-corrected chi connectivity index (χ4v) is 2.87. The fourth-order valence-electron chi connectivity index (χ4n) is 2.87. The smallest absolute Gasteiger partial charge is 0.270 e. The van der Waals surface area contributed by atoms with Crippen LogP contribution in [0.5, 0.6) is 0 Å². The third-order valence-corrected chi connectivity index (χ3v) is 4.05. The normalized spacial score (nSPS) is 10.5. The molecular formula is C20H18N4O3. The molecule has 7 heteroatoms. The number of carbonyl (C=O) groups is 1. The summed E-state index contributed by atoms with van der Waals surface area (Å²) in [6, 6.07) is 13.2. The Morgan fingerprint density at radius 2 is 1.96 bits per heavy atom. The second-order valence-corrected chi connectivity index (χ2v) is 5.81. The molecule has 1 heterocycles. The largest absolute Gasteiger partial charge is 0.306 e. The Morgan fingerprint density at radius 3 is 2.67 bits per heavy atom. The van der Waals surface area contributed by atoms with E-state index in [1.807, 2.05) is 28.8 Å². The van der Waals surface area contributed by atoms with E-state index in [2.05, 4.69) is 18.1 Å². The van der Waals surface area contributed by atoms with Crippen LogP contribution in [0, 0.1) is 10.1 Å². The van der Waals surface area contributed by atoms with Gasteiger partial charge in [-0.05, 0) is 18.2 Å². The molecule has 0 aliphatic heterocycles. The summed E-state index contributed by atoms with van der Waals surface area (Å²) in [5.41, 5.74) is 1.69. The lowest BCUT2D eigenvalue weighted by Crippen LogP contribution is -2.33. The monoisotopic (exact) mass is 362 g/mol. The van der Waals surface area contributed by atoms with E-state index in [9.17, 15) is 14.9 Å². The number of non-ortho nitro benzene ring substituents is 1. The predicted molar refractivity (Wildman–Crippen MR) is 105 cm³/mol. The molecular weight excluding hydrogens is 344 g/mol. The van der Waals surface area contributed by atoms with E-state index in [0.29, 0.717) is 12.5 Å². The number of aromatic nitrogens is 2. The van der Waals surface area contributed by atoms with Crippen molar-refractivity contribution in [2.75, 3.05) is 11.4 Å². The minimum absolute atomic E-state index is 0.140. The number of benzene rings is 2. The highest BCUT2D eigenvalue weighted by Crippen LogP contribution is 2.25. The summed E-state index contributed by atoms with van der Waals surface area (Å²) in [4.78, 5) is 29.7. The van der Waals surface area contributed by atoms with Crippen molar-refractivity contribution in [2.24, 2.45) is 0 Å². The molecule has 1 amide bonds. The van der Waals surface area contributed by atoms with Gasteiger partial charge in [-0.1, -0.05) is 30.4 Å². The molecule has 0 saturated heterocycles. The molecule has 0 aliphatic carbocycles. The maximum Gasteiger partial charge on any atom is 0.270 e. The number of hydrogen-bond donors (Lipinski definition) is 0. The van der Waals surface area contributed by atoms with Gasteiger partial charge in [-0.3, -0.25) is 19.8 Å². The Balaban J connectivity index is 2.12. The highest BCUT2D eigenvalue weighted by molar-refractivity contribution is 6.06. The van der Waals surface area contributed by atoms with Gasteiger partial charge < -0.3 is 4.57 Å². The van der Waals surface area contributed by atoms with Crippen LogP contribution < -0.4 is 4.90 Å².